The molecule has 1 heterocycles. The molecule has 98 valence electrons. The van der Waals surface area contributed by atoms with Crippen LogP contribution in [-0.4, -0.2) is 17.5 Å². The number of anilines is 1. The number of fused-ring (bicyclic) bond motifs is 1. The Morgan fingerprint density at radius 3 is 2.63 bits per heavy atom. The maximum atomic E-state index is 12.4. The number of hydrogen-bond donors (Lipinski definition) is 1. The SMILES string of the molecule is O=C1CCC(C(=O)c2ccc3c(c2)CC(=O)N3)CC1. The Labute approximate surface area is 111 Å². The number of hydrogen-bond acceptors (Lipinski definition) is 3. The molecule has 0 saturated heterocycles. The number of rotatable bonds is 2. The number of carbonyl (C=O) groups is 3. The van der Waals surface area contributed by atoms with Crippen LogP contribution in [-0.2, 0) is 16.0 Å². The van der Waals surface area contributed by atoms with Gasteiger partial charge in [0.2, 0.25) is 5.91 Å². The standard InChI is InChI=1S/C15H15NO3/c17-12-4-1-9(2-5-12)15(19)10-3-6-13-11(7-10)8-14(18)16-13/h3,6-7,9H,1-2,4-5,8H2,(H,16,18). The van der Waals surface area contributed by atoms with Gasteiger partial charge in [-0.2, -0.15) is 0 Å². The fraction of sp³-hybridized carbons (Fsp3) is 0.400. The summed E-state index contributed by atoms with van der Waals surface area (Å²) in [4.78, 5) is 34.9. The summed E-state index contributed by atoms with van der Waals surface area (Å²) < 4.78 is 0. The zero-order valence-corrected chi connectivity index (χ0v) is 10.6. The van der Waals surface area contributed by atoms with E-state index in [2.05, 4.69) is 5.32 Å². The highest BCUT2D eigenvalue weighted by molar-refractivity contribution is 6.03. The molecule has 0 bridgehead atoms. The molecule has 2 aliphatic rings. The summed E-state index contributed by atoms with van der Waals surface area (Å²) in [5.74, 6) is 0.297. The molecule has 1 aromatic rings. The van der Waals surface area contributed by atoms with E-state index >= 15 is 0 Å². The van der Waals surface area contributed by atoms with Crippen LogP contribution in [0.2, 0.25) is 0 Å². The third-order valence-electron chi connectivity index (χ3n) is 3.93. The Bertz CT molecular complexity index is 567. The molecule has 3 rings (SSSR count). The second kappa shape index (κ2) is 4.61. The molecule has 19 heavy (non-hydrogen) atoms. The van der Waals surface area contributed by atoms with Crippen molar-refractivity contribution in [3.63, 3.8) is 0 Å². The third-order valence-corrected chi connectivity index (χ3v) is 3.93. The smallest absolute Gasteiger partial charge is 0.228 e. The van der Waals surface area contributed by atoms with Crippen molar-refractivity contribution in [2.45, 2.75) is 32.1 Å². The Morgan fingerprint density at radius 1 is 1.16 bits per heavy atom. The van der Waals surface area contributed by atoms with E-state index in [-0.39, 0.29) is 23.4 Å². The van der Waals surface area contributed by atoms with Crippen LogP contribution in [0.4, 0.5) is 5.69 Å². The third kappa shape index (κ3) is 2.30. The maximum absolute atomic E-state index is 12.4. The van der Waals surface area contributed by atoms with Gasteiger partial charge in [0.15, 0.2) is 5.78 Å². The van der Waals surface area contributed by atoms with Crippen molar-refractivity contribution in [2.24, 2.45) is 5.92 Å². The Morgan fingerprint density at radius 2 is 1.89 bits per heavy atom. The monoisotopic (exact) mass is 257 g/mol. The molecule has 0 aromatic heterocycles. The number of nitrogens with one attached hydrogen (secondary N) is 1. The molecule has 0 radical (unpaired) electrons. The quantitative estimate of drug-likeness (QED) is 0.825. The lowest BCUT2D eigenvalue weighted by Crippen LogP contribution is -2.21. The number of amides is 1. The normalized spacial score (nSPS) is 19.2. The second-order valence-electron chi connectivity index (χ2n) is 5.27. The van der Waals surface area contributed by atoms with Crippen molar-refractivity contribution < 1.29 is 14.4 Å². The van der Waals surface area contributed by atoms with Gasteiger partial charge >= 0.3 is 0 Å². The van der Waals surface area contributed by atoms with Crippen molar-refractivity contribution >= 4 is 23.2 Å². The number of ketones is 2. The van der Waals surface area contributed by atoms with Gasteiger partial charge in [-0.1, -0.05) is 0 Å². The first-order chi connectivity index (χ1) is 9.13. The summed E-state index contributed by atoms with van der Waals surface area (Å²) in [6, 6.07) is 5.37. The van der Waals surface area contributed by atoms with E-state index in [1.807, 2.05) is 6.07 Å². The predicted molar refractivity (Wildman–Crippen MR) is 70.1 cm³/mol. The highest BCUT2D eigenvalue weighted by Gasteiger charge is 2.27. The fourth-order valence-electron chi connectivity index (χ4n) is 2.82. The zero-order valence-electron chi connectivity index (χ0n) is 10.6. The molecule has 1 aromatic carbocycles. The molecule has 1 aliphatic carbocycles. The summed E-state index contributed by atoms with van der Waals surface area (Å²) in [7, 11) is 0. The zero-order chi connectivity index (χ0) is 13.4. The summed E-state index contributed by atoms with van der Waals surface area (Å²) in [6.07, 6.45) is 2.69. The molecule has 4 heteroatoms. The van der Waals surface area contributed by atoms with Gasteiger partial charge in [0.05, 0.1) is 6.42 Å². The van der Waals surface area contributed by atoms with Gasteiger partial charge in [-0.3, -0.25) is 14.4 Å². The Hall–Kier alpha value is -1.97. The predicted octanol–water partition coefficient (Wildman–Crippen LogP) is 2.12. The number of Topliss-reactive ketones (excluding diaryl/α,β-unsaturated/α-hetero) is 2. The van der Waals surface area contributed by atoms with Gasteiger partial charge in [-0.15, -0.1) is 0 Å². The summed E-state index contributed by atoms with van der Waals surface area (Å²) in [5, 5.41) is 2.75. The summed E-state index contributed by atoms with van der Waals surface area (Å²) in [6.45, 7) is 0. The van der Waals surface area contributed by atoms with Crippen LogP contribution in [0.3, 0.4) is 0 Å². The van der Waals surface area contributed by atoms with Gasteiger partial charge in [0, 0.05) is 30.0 Å². The minimum Gasteiger partial charge on any atom is -0.326 e. The first-order valence-corrected chi connectivity index (χ1v) is 6.62. The molecule has 0 atom stereocenters. The van der Waals surface area contributed by atoms with Crippen molar-refractivity contribution in [3.05, 3.63) is 29.3 Å². The first-order valence-electron chi connectivity index (χ1n) is 6.62. The molecular weight excluding hydrogens is 242 g/mol. The van der Waals surface area contributed by atoms with Gasteiger partial charge < -0.3 is 5.32 Å². The molecule has 0 spiro atoms. The van der Waals surface area contributed by atoms with Gasteiger partial charge in [-0.05, 0) is 36.6 Å². The maximum Gasteiger partial charge on any atom is 0.228 e. The van der Waals surface area contributed by atoms with E-state index in [0.717, 1.165) is 11.3 Å². The van der Waals surface area contributed by atoms with Crippen LogP contribution in [0.1, 0.15) is 41.6 Å². The molecular formula is C15H15NO3. The second-order valence-corrected chi connectivity index (χ2v) is 5.27. The minimum absolute atomic E-state index is 0.0251. The van der Waals surface area contributed by atoms with Crippen LogP contribution in [0.25, 0.3) is 0 Å². The van der Waals surface area contributed by atoms with Crippen LogP contribution < -0.4 is 5.32 Å². The Balaban J connectivity index is 1.79. The molecule has 1 aliphatic heterocycles. The van der Waals surface area contributed by atoms with Gasteiger partial charge in [0.25, 0.3) is 0 Å². The van der Waals surface area contributed by atoms with Crippen molar-refractivity contribution in [1.82, 2.24) is 0 Å². The molecule has 1 fully saturated rings. The molecule has 1 amide bonds. The lowest BCUT2D eigenvalue weighted by atomic mass is 9.83. The van der Waals surface area contributed by atoms with Gasteiger partial charge in [-0.25, -0.2) is 0 Å². The van der Waals surface area contributed by atoms with Crippen molar-refractivity contribution in [3.8, 4) is 0 Å². The lowest BCUT2D eigenvalue weighted by molar-refractivity contribution is -0.120. The molecule has 1 N–H and O–H groups in total. The van der Waals surface area contributed by atoms with E-state index in [9.17, 15) is 14.4 Å². The van der Waals surface area contributed by atoms with E-state index in [0.29, 0.717) is 37.7 Å². The van der Waals surface area contributed by atoms with Crippen LogP contribution >= 0.6 is 0 Å². The topological polar surface area (TPSA) is 63.2 Å². The van der Waals surface area contributed by atoms with Crippen LogP contribution in [0.5, 0.6) is 0 Å². The van der Waals surface area contributed by atoms with E-state index in [1.54, 1.807) is 12.1 Å². The Kier molecular flexibility index (Phi) is 2.93. The van der Waals surface area contributed by atoms with E-state index in [4.69, 9.17) is 0 Å². The fourth-order valence-corrected chi connectivity index (χ4v) is 2.82. The lowest BCUT2D eigenvalue weighted by Gasteiger charge is -2.19. The highest BCUT2D eigenvalue weighted by atomic mass is 16.2. The summed E-state index contributed by atoms with van der Waals surface area (Å²) >= 11 is 0. The van der Waals surface area contributed by atoms with Crippen molar-refractivity contribution in [1.29, 1.82) is 0 Å². The molecule has 1 saturated carbocycles. The molecule has 4 nitrogen and oxygen atoms in total. The van der Waals surface area contributed by atoms with Gasteiger partial charge in [0.1, 0.15) is 5.78 Å². The average Bonchev–Trinajstić information content (AvgIpc) is 2.77. The van der Waals surface area contributed by atoms with Crippen LogP contribution in [0.15, 0.2) is 18.2 Å². The largest absolute Gasteiger partial charge is 0.326 e. The highest BCUT2D eigenvalue weighted by Crippen LogP contribution is 2.28. The van der Waals surface area contributed by atoms with E-state index in [1.165, 1.54) is 0 Å². The summed E-state index contributed by atoms with van der Waals surface area (Å²) in [5.41, 5.74) is 2.36. The minimum atomic E-state index is -0.0409. The van der Waals surface area contributed by atoms with Crippen molar-refractivity contribution in [2.75, 3.05) is 5.32 Å². The number of benzene rings is 1. The molecule has 0 unspecified atom stereocenters. The van der Waals surface area contributed by atoms with E-state index < -0.39 is 0 Å². The first kappa shape index (κ1) is 12.1. The average molecular weight is 257 g/mol. The number of carbonyl (C=O) groups excluding carboxylic acids is 3. The van der Waals surface area contributed by atoms with Crippen LogP contribution in [0, 0.1) is 5.92 Å².